The van der Waals surface area contributed by atoms with Gasteiger partial charge < -0.3 is 18.8 Å². The van der Waals surface area contributed by atoms with Crippen molar-refractivity contribution in [1.29, 1.82) is 0 Å². The Morgan fingerprint density at radius 2 is 1.79 bits per heavy atom. The minimum Gasteiger partial charge on any atom is -0.448 e. The molecule has 2 aromatic carbocycles. The predicted molar refractivity (Wildman–Crippen MR) is 127 cm³/mol. The molecular weight excluding hydrogens is 433 g/mol. The molecule has 2 amide bonds. The number of furan rings is 1. The topological polar surface area (TPSA) is 58.7 Å². The number of rotatable bonds is 4. The third kappa shape index (κ3) is 3.87. The van der Waals surface area contributed by atoms with Crippen LogP contribution in [0.15, 0.2) is 71.3 Å². The molecule has 6 nitrogen and oxygen atoms in total. The summed E-state index contributed by atoms with van der Waals surface area (Å²) in [6, 6.07) is 17.6. The fourth-order valence-electron chi connectivity index (χ4n) is 4.66. The quantitative estimate of drug-likeness (QED) is 0.444. The second-order valence-corrected chi connectivity index (χ2v) is 8.80. The SMILES string of the molecule is Cc1ccccc1Cn1c(C(=O)N2CCN(C(=O)c3ccccc3F)C(C)C2)cc2ccoc21. The van der Waals surface area contributed by atoms with E-state index >= 15 is 0 Å². The molecule has 1 aliphatic rings. The van der Waals surface area contributed by atoms with Gasteiger partial charge in [0.1, 0.15) is 11.5 Å². The van der Waals surface area contributed by atoms with Crippen LogP contribution in [-0.2, 0) is 6.54 Å². The summed E-state index contributed by atoms with van der Waals surface area (Å²) in [4.78, 5) is 29.9. The fraction of sp³-hybridized carbons (Fsp3) is 0.259. The average molecular weight is 460 g/mol. The van der Waals surface area contributed by atoms with Crippen molar-refractivity contribution in [3.63, 3.8) is 0 Å². The van der Waals surface area contributed by atoms with E-state index < -0.39 is 5.82 Å². The van der Waals surface area contributed by atoms with Gasteiger partial charge in [-0.05, 0) is 49.2 Å². The van der Waals surface area contributed by atoms with Crippen LogP contribution in [0.5, 0.6) is 0 Å². The molecule has 0 aliphatic carbocycles. The first-order chi connectivity index (χ1) is 16.4. The lowest BCUT2D eigenvalue weighted by Gasteiger charge is -2.40. The Kier molecular flexibility index (Phi) is 5.69. The highest BCUT2D eigenvalue weighted by atomic mass is 19.1. The van der Waals surface area contributed by atoms with Crippen molar-refractivity contribution in [3.8, 4) is 0 Å². The van der Waals surface area contributed by atoms with E-state index in [2.05, 4.69) is 0 Å². The molecule has 34 heavy (non-hydrogen) atoms. The van der Waals surface area contributed by atoms with Crippen LogP contribution in [0.1, 0.15) is 38.9 Å². The lowest BCUT2D eigenvalue weighted by molar-refractivity contribution is 0.0406. The molecule has 1 aliphatic heterocycles. The van der Waals surface area contributed by atoms with Crippen LogP contribution in [0.4, 0.5) is 4.39 Å². The third-order valence-electron chi connectivity index (χ3n) is 6.59. The minimum atomic E-state index is -0.533. The number of halogens is 1. The molecule has 5 rings (SSSR count). The monoisotopic (exact) mass is 459 g/mol. The van der Waals surface area contributed by atoms with Gasteiger partial charge in [-0.2, -0.15) is 0 Å². The Morgan fingerprint density at radius 3 is 2.56 bits per heavy atom. The van der Waals surface area contributed by atoms with E-state index in [4.69, 9.17) is 4.42 Å². The van der Waals surface area contributed by atoms with Crippen LogP contribution in [0.3, 0.4) is 0 Å². The van der Waals surface area contributed by atoms with Crippen LogP contribution in [0.2, 0.25) is 0 Å². The van der Waals surface area contributed by atoms with Crippen molar-refractivity contribution in [2.24, 2.45) is 0 Å². The summed E-state index contributed by atoms with van der Waals surface area (Å²) in [6.45, 7) is 5.54. The second kappa shape index (κ2) is 8.82. The summed E-state index contributed by atoms with van der Waals surface area (Å²) in [5, 5.41) is 0.873. The number of fused-ring (bicyclic) bond motifs is 1. The first-order valence-electron chi connectivity index (χ1n) is 11.4. The number of aromatic nitrogens is 1. The summed E-state index contributed by atoms with van der Waals surface area (Å²) < 4.78 is 21.8. The van der Waals surface area contributed by atoms with Gasteiger partial charge in [0.15, 0.2) is 0 Å². The van der Waals surface area contributed by atoms with Gasteiger partial charge in [-0.1, -0.05) is 36.4 Å². The highest BCUT2D eigenvalue weighted by Crippen LogP contribution is 2.26. The molecule has 0 saturated carbocycles. The standard InChI is InChI=1S/C27H26FN3O3/c1-18-7-3-4-8-21(18)17-31-24(15-20-11-14-34-27(20)31)26(33)29-12-13-30(19(2)16-29)25(32)22-9-5-6-10-23(22)28/h3-11,14-15,19H,12-13,16-17H2,1-2H3. The first kappa shape index (κ1) is 21.9. The maximum Gasteiger partial charge on any atom is 0.270 e. The number of carbonyl (C=O) groups excluding carboxylic acids is 2. The van der Waals surface area contributed by atoms with Crippen molar-refractivity contribution in [1.82, 2.24) is 14.4 Å². The Balaban J connectivity index is 1.38. The lowest BCUT2D eigenvalue weighted by atomic mass is 10.1. The number of hydrogen-bond donors (Lipinski definition) is 0. The smallest absolute Gasteiger partial charge is 0.270 e. The van der Waals surface area contributed by atoms with Crippen molar-refractivity contribution in [2.75, 3.05) is 19.6 Å². The van der Waals surface area contributed by atoms with Crippen LogP contribution in [-0.4, -0.2) is 51.9 Å². The van der Waals surface area contributed by atoms with Gasteiger partial charge in [0.25, 0.3) is 11.8 Å². The summed E-state index contributed by atoms with van der Waals surface area (Å²) in [5.41, 5.74) is 3.52. The highest BCUT2D eigenvalue weighted by Gasteiger charge is 2.33. The number of hydrogen-bond acceptors (Lipinski definition) is 3. The zero-order valence-electron chi connectivity index (χ0n) is 19.2. The predicted octanol–water partition coefficient (Wildman–Crippen LogP) is 4.72. The molecule has 3 heterocycles. The van der Waals surface area contributed by atoms with Gasteiger partial charge >= 0.3 is 0 Å². The van der Waals surface area contributed by atoms with Gasteiger partial charge in [0, 0.05) is 31.1 Å². The lowest BCUT2D eigenvalue weighted by Crippen LogP contribution is -2.55. The maximum atomic E-state index is 14.1. The van der Waals surface area contributed by atoms with E-state index in [1.54, 1.807) is 28.2 Å². The normalized spacial score (nSPS) is 16.3. The largest absolute Gasteiger partial charge is 0.448 e. The molecule has 0 N–H and O–H groups in total. The molecule has 1 fully saturated rings. The maximum absolute atomic E-state index is 14.1. The number of carbonyl (C=O) groups is 2. The first-order valence-corrected chi connectivity index (χ1v) is 11.4. The van der Waals surface area contributed by atoms with Crippen molar-refractivity contribution in [3.05, 3.63) is 95.1 Å². The van der Waals surface area contributed by atoms with Gasteiger partial charge in [-0.3, -0.25) is 9.59 Å². The van der Waals surface area contributed by atoms with Crippen LogP contribution < -0.4 is 0 Å². The molecule has 0 radical (unpaired) electrons. The molecule has 0 spiro atoms. The number of benzene rings is 2. The summed E-state index contributed by atoms with van der Waals surface area (Å²) in [6.07, 6.45) is 1.63. The number of piperazine rings is 1. The Hall–Kier alpha value is -3.87. The third-order valence-corrected chi connectivity index (χ3v) is 6.59. The molecule has 4 aromatic rings. The van der Waals surface area contributed by atoms with Gasteiger partial charge in [-0.15, -0.1) is 0 Å². The zero-order chi connectivity index (χ0) is 23.8. The van der Waals surface area contributed by atoms with Crippen LogP contribution in [0, 0.1) is 12.7 Å². The molecule has 1 unspecified atom stereocenters. The zero-order valence-corrected chi connectivity index (χ0v) is 19.2. The van der Waals surface area contributed by atoms with E-state index in [1.807, 2.05) is 54.8 Å². The minimum absolute atomic E-state index is 0.0570. The number of aryl methyl sites for hydroxylation is 1. The number of amides is 2. The van der Waals surface area contributed by atoms with E-state index in [0.717, 1.165) is 16.5 Å². The van der Waals surface area contributed by atoms with Gasteiger partial charge in [-0.25, -0.2) is 4.39 Å². The van der Waals surface area contributed by atoms with E-state index in [0.29, 0.717) is 37.6 Å². The van der Waals surface area contributed by atoms with E-state index in [-0.39, 0.29) is 23.4 Å². The molecular formula is C27H26FN3O3. The highest BCUT2D eigenvalue weighted by molar-refractivity contribution is 5.98. The molecule has 1 saturated heterocycles. The molecule has 7 heteroatoms. The molecule has 174 valence electrons. The fourth-order valence-corrected chi connectivity index (χ4v) is 4.66. The Bertz CT molecular complexity index is 1370. The summed E-state index contributed by atoms with van der Waals surface area (Å²) in [7, 11) is 0. The van der Waals surface area contributed by atoms with Crippen LogP contribution in [0.25, 0.3) is 11.1 Å². The van der Waals surface area contributed by atoms with Crippen LogP contribution >= 0.6 is 0 Å². The summed E-state index contributed by atoms with van der Waals surface area (Å²) in [5.74, 6) is -0.988. The second-order valence-electron chi connectivity index (χ2n) is 8.80. The van der Waals surface area contributed by atoms with Gasteiger partial charge in [0.05, 0.1) is 18.4 Å². The van der Waals surface area contributed by atoms with Crippen molar-refractivity contribution in [2.45, 2.75) is 26.4 Å². The molecule has 1 atom stereocenters. The Labute approximate surface area is 197 Å². The number of nitrogens with zero attached hydrogens (tertiary/aromatic N) is 3. The van der Waals surface area contributed by atoms with E-state index in [9.17, 15) is 14.0 Å². The molecule has 0 bridgehead atoms. The average Bonchev–Trinajstić information content (AvgIpc) is 3.42. The molecule has 2 aromatic heterocycles. The Morgan fingerprint density at radius 1 is 1.03 bits per heavy atom. The van der Waals surface area contributed by atoms with E-state index in [1.165, 1.54) is 12.1 Å². The van der Waals surface area contributed by atoms with Crippen molar-refractivity contribution >= 4 is 22.9 Å². The van der Waals surface area contributed by atoms with Gasteiger partial charge in [0.2, 0.25) is 5.71 Å². The summed E-state index contributed by atoms with van der Waals surface area (Å²) >= 11 is 0. The van der Waals surface area contributed by atoms with Crippen molar-refractivity contribution < 1.29 is 18.4 Å².